The summed E-state index contributed by atoms with van der Waals surface area (Å²) in [6.45, 7) is 6.64. The fourth-order valence-electron chi connectivity index (χ4n) is 3.25. The summed E-state index contributed by atoms with van der Waals surface area (Å²) in [5.74, 6) is 0. The Hall–Kier alpha value is -1.62. The molecule has 0 N–H and O–H groups in total. The molecule has 0 spiro atoms. The molecule has 0 atom stereocenters. The highest BCUT2D eigenvalue weighted by molar-refractivity contribution is 14.1. The number of benzene rings is 2. The van der Waals surface area contributed by atoms with Gasteiger partial charge in [0.25, 0.3) is 0 Å². The normalized spacial score (nSPS) is 18.0. The van der Waals surface area contributed by atoms with Crippen LogP contribution in [0, 0.1) is 10.5 Å². The molecule has 3 rings (SSSR count). The van der Waals surface area contributed by atoms with Crippen molar-refractivity contribution in [3.63, 3.8) is 0 Å². The van der Waals surface area contributed by atoms with Crippen LogP contribution in [0.5, 0.6) is 0 Å². The molecule has 2 nitrogen and oxygen atoms in total. The molecule has 23 heavy (non-hydrogen) atoms. The van der Waals surface area contributed by atoms with Gasteiger partial charge < -0.3 is 4.90 Å². The molecule has 0 radical (unpaired) electrons. The highest BCUT2D eigenvalue weighted by Crippen LogP contribution is 2.46. The zero-order chi connectivity index (χ0) is 16.6. The van der Waals surface area contributed by atoms with E-state index in [2.05, 4.69) is 109 Å². The van der Waals surface area contributed by atoms with E-state index in [0.717, 1.165) is 5.69 Å². The van der Waals surface area contributed by atoms with Crippen molar-refractivity contribution >= 4 is 40.2 Å². The Balaban J connectivity index is 1.93. The van der Waals surface area contributed by atoms with Gasteiger partial charge in [0.05, 0.1) is 5.69 Å². The average Bonchev–Trinajstić information content (AvgIpc) is 2.70. The van der Waals surface area contributed by atoms with Crippen molar-refractivity contribution in [2.75, 3.05) is 11.9 Å². The van der Waals surface area contributed by atoms with Gasteiger partial charge in [-0.25, -0.2) is 0 Å². The minimum absolute atomic E-state index is 0.00151. The summed E-state index contributed by atoms with van der Waals surface area (Å²) in [4.78, 5) is 6.91. The molecule has 0 saturated carbocycles. The third-order valence-electron chi connectivity index (χ3n) is 4.55. The van der Waals surface area contributed by atoms with Crippen molar-refractivity contribution in [2.45, 2.75) is 26.2 Å². The van der Waals surface area contributed by atoms with Gasteiger partial charge in [0.15, 0.2) is 0 Å². The molecule has 0 aromatic heterocycles. The van der Waals surface area contributed by atoms with Crippen LogP contribution < -0.4 is 4.90 Å². The lowest BCUT2D eigenvalue weighted by molar-refractivity contribution is 0.641. The van der Waals surface area contributed by atoms with Crippen LogP contribution in [0.1, 0.15) is 25.0 Å². The lowest BCUT2D eigenvalue weighted by Crippen LogP contribution is -2.23. The summed E-state index contributed by atoms with van der Waals surface area (Å²) in [6, 6.07) is 14.9. The zero-order valence-corrected chi connectivity index (χ0v) is 16.1. The molecule has 1 aliphatic heterocycles. The van der Waals surface area contributed by atoms with E-state index in [4.69, 9.17) is 0 Å². The van der Waals surface area contributed by atoms with E-state index in [1.807, 2.05) is 6.21 Å². The van der Waals surface area contributed by atoms with E-state index in [0.29, 0.717) is 0 Å². The molecule has 0 unspecified atom stereocenters. The van der Waals surface area contributed by atoms with Gasteiger partial charge in [-0.05, 0) is 71.0 Å². The van der Waals surface area contributed by atoms with Crippen LogP contribution in [0.4, 0.5) is 11.4 Å². The summed E-state index contributed by atoms with van der Waals surface area (Å²) < 4.78 is 1.24. The minimum atomic E-state index is -0.00151. The van der Waals surface area contributed by atoms with Gasteiger partial charge in [0.1, 0.15) is 0 Å². The van der Waals surface area contributed by atoms with Crippen molar-refractivity contribution in [3.05, 3.63) is 68.9 Å². The number of aliphatic imine (C=N–C) groups is 1. The maximum atomic E-state index is 4.64. The number of fused-ring (bicyclic) bond motifs is 1. The van der Waals surface area contributed by atoms with E-state index in [-0.39, 0.29) is 5.41 Å². The van der Waals surface area contributed by atoms with E-state index in [1.165, 1.54) is 26.1 Å². The predicted octanol–water partition coefficient (Wildman–Crippen LogP) is 5.61. The molecule has 0 bridgehead atoms. The standard InChI is InChI=1S/C20H21IN2/c1-14-13-15(21)9-10-17(14)22-12-11-19-20(2,3)16-7-5-6-8-18(16)23(19)4/h5-13H,1-4H3. The highest BCUT2D eigenvalue weighted by atomic mass is 127. The first-order valence-corrected chi connectivity index (χ1v) is 8.83. The van der Waals surface area contributed by atoms with Crippen LogP contribution in [0.3, 0.4) is 0 Å². The van der Waals surface area contributed by atoms with Gasteiger partial charge in [-0.3, -0.25) is 4.99 Å². The second kappa shape index (κ2) is 6.11. The van der Waals surface area contributed by atoms with Crippen molar-refractivity contribution in [2.24, 2.45) is 4.99 Å². The van der Waals surface area contributed by atoms with E-state index < -0.39 is 0 Å². The molecule has 118 valence electrons. The molecule has 0 saturated heterocycles. The van der Waals surface area contributed by atoms with E-state index >= 15 is 0 Å². The van der Waals surface area contributed by atoms with Crippen molar-refractivity contribution in [1.29, 1.82) is 0 Å². The molecular weight excluding hydrogens is 395 g/mol. The summed E-state index contributed by atoms with van der Waals surface area (Å²) in [5.41, 5.74) is 6.14. The fraction of sp³-hybridized carbons (Fsp3) is 0.250. The maximum Gasteiger partial charge on any atom is 0.0659 e. The number of likely N-dealkylation sites (N-methyl/N-ethyl adjacent to an activating group) is 1. The molecule has 2 aromatic rings. The number of nitrogens with zero attached hydrogens (tertiary/aromatic N) is 2. The molecular formula is C20H21IN2. The van der Waals surface area contributed by atoms with Crippen LogP contribution in [-0.2, 0) is 5.41 Å². The van der Waals surface area contributed by atoms with E-state index in [1.54, 1.807) is 0 Å². The minimum Gasteiger partial charge on any atom is -0.347 e. The first-order valence-electron chi connectivity index (χ1n) is 7.75. The average molecular weight is 416 g/mol. The summed E-state index contributed by atoms with van der Waals surface area (Å²) in [7, 11) is 2.13. The Bertz CT molecular complexity index is 803. The number of anilines is 1. The number of hydrogen-bond donors (Lipinski definition) is 0. The first kappa shape index (κ1) is 16.2. The summed E-state index contributed by atoms with van der Waals surface area (Å²) in [5, 5.41) is 0. The molecule has 1 heterocycles. The van der Waals surface area contributed by atoms with Gasteiger partial charge in [-0.2, -0.15) is 0 Å². The van der Waals surface area contributed by atoms with Gasteiger partial charge >= 0.3 is 0 Å². The number of para-hydroxylation sites is 1. The second-order valence-electron chi connectivity index (χ2n) is 6.46. The Kier molecular flexibility index (Phi) is 4.32. The van der Waals surface area contributed by atoms with Crippen LogP contribution >= 0.6 is 22.6 Å². The van der Waals surface area contributed by atoms with Crippen molar-refractivity contribution < 1.29 is 0 Å². The lowest BCUT2D eigenvalue weighted by Gasteiger charge is -2.23. The quantitative estimate of drug-likeness (QED) is 0.459. The van der Waals surface area contributed by atoms with Crippen molar-refractivity contribution in [3.8, 4) is 0 Å². The van der Waals surface area contributed by atoms with Gasteiger partial charge in [0.2, 0.25) is 0 Å². The number of allylic oxidation sites excluding steroid dienone is 2. The SMILES string of the molecule is Cc1cc(I)ccc1N=CC=C1N(C)c2ccccc2C1(C)C. The number of halogens is 1. The molecule has 0 amide bonds. The second-order valence-corrected chi connectivity index (χ2v) is 7.71. The van der Waals surface area contributed by atoms with Gasteiger partial charge in [-0.15, -0.1) is 0 Å². The first-order chi connectivity index (χ1) is 10.9. The van der Waals surface area contributed by atoms with Crippen LogP contribution in [0.15, 0.2) is 59.2 Å². The number of rotatable bonds is 2. The topological polar surface area (TPSA) is 15.6 Å². The van der Waals surface area contributed by atoms with Crippen LogP contribution in [0.25, 0.3) is 0 Å². The smallest absolute Gasteiger partial charge is 0.0659 e. The van der Waals surface area contributed by atoms with Crippen LogP contribution in [0.2, 0.25) is 0 Å². The lowest BCUT2D eigenvalue weighted by atomic mass is 9.84. The fourth-order valence-corrected chi connectivity index (χ4v) is 3.90. The summed E-state index contributed by atoms with van der Waals surface area (Å²) in [6.07, 6.45) is 4.06. The van der Waals surface area contributed by atoms with Crippen molar-refractivity contribution in [1.82, 2.24) is 0 Å². The molecule has 0 aliphatic carbocycles. The molecule has 2 aromatic carbocycles. The number of hydrogen-bond acceptors (Lipinski definition) is 2. The Morgan fingerprint density at radius 1 is 1.13 bits per heavy atom. The molecule has 1 aliphatic rings. The van der Waals surface area contributed by atoms with Crippen LogP contribution in [-0.4, -0.2) is 13.3 Å². The van der Waals surface area contributed by atoms with E-state index in [9.17, 15) is 0 Å². The Morgan fingerprint density at radius 3 is 2.57 bits per heavy atom. The molecule has 0 fully saturated rings. The highest BCUT2D eigenvalue weighted by Gasteiger charge is 2.37. The largest absolute Gasteiger partial charge is 0.347 e. The summed E-state index contributed by atoms with van der Waals surface area (Å²) >= 11 is 2.33. The number of aryl methyl sites for hydroxylation is 1. The third kappa shape index (κ3) is 2.94. The third-order valence-corrected chi connectivity index (χ3v) is 5.22. The van der Waals surface area contributed by atoms with Gasteiger partial charge in [-0.1, -0.05) is 32.0 Å². The van der Waals surface area contributed by atoms with Gasteiger partial charge in [0, 0.05) is 33.6 Å². The predicted molar refractivity (Wildman–Crippen MR) is 108 cm³/mol. The Labute approximate surface area is 152 Å². The molecule has 3 heteroatoms. The Morgan fingerprint density at radius 2 is 1.87 bits per heavy atom. The maximum absolute atomic E-state index is 4.64. The zero-order valence-electron chi connectivity index (χ0n) is 14.0. The monoisotopic (exact) mass is 416 g/mol.